The molecule has 4 aromatic carbocycles. The lowest BCUT2D eigenvalue weighted by Gasteiger charge is -2.12. The van der Waals surface area contributed by atoms with Crippen LogP contribution in [-0.2, 0) is 23.1 Å². The highest BCUT2D eigenvalue weighted by molar-refractivity contribution is 7.91. The Kier molecular flexibility index (Phi) is 9.03. The molecule has 182 valence electrons. The van der Waals surface area contributed by atoms with E-state index in [1.807, 2.05) is 12.1 Å². The van der Waals surface area contributed by atoms with Gasteiger partial charge in [0.05, 0.1) is 37.2 Å². The van der Waals surface area contributed by atoms with Crippen molar-refractivity contribution >= 4 is 9.84 Å². The molecule has 0 aliphatic heterocycles. The van der Waals surface area contributed by atoms with Crippen molar-refractivity contribution in [2.75, 3.05) is 14.2 Å². The Morgan fingerprint density at radius 3 is 1.29 bits per heavy atom. The van der Waals surface area contributed by atoms with Gasteiger partial charge in [-0.1, -0.05) is 60.7 Å². The molecular formula is C28H28O6S. The number of aliphatic hydroxyl groups excluding tert-OH is 2. The minimum Gasteiger partial charge on any atom is -0.496 e. The van der Waals surface area contributed by atoms with Gasteiger partial charge in [0.25, 0.3) is 0 Å². The topological polar surface area (TPSA) is 93.1 Å². The maximum absolute atomic E-state index is 12.7. The number of sulfone groups is 1. The molecule has 0 radical (unpaired) electrons. The van der Waals surface area contributed by atoms with Crippen molar-refractivity contribution in [1.82, 2.24) is 0 Å². The molecule has 2 N–H and O–H groups in total. The van der Waals surface area contributed by atoms with Gasteiger partial charge in [-0.15, -0.1) is 0 Å². The van der Waals surface area contributed by atoms with Gasteiger partial charge in [0.15, 0.2) is 0 Å². The number of aliphatic hydroxyl groups is 2. The third kappa shape index (κ3) is 6.27. The fraction of sp³-hybridized carbons (Fsp3) is 0.143. The predicted octanol–water partition coefficient (Wildman–Crippen LogP) is 4.87. The molecule has 0 aromatic heterocycles. The minimum atomic E-state index is -3.79. The number of benzene rings is 4. The van der Waals surface area contributed by atoms with E-state index >= 15 is 0 Å². The molecular weight excluding hydrogens is 464 g/mol. The molecule has 0 fully saturated rings. The zero-order valence-electron chi connectivity index (χ0n) is 19.6. The quantitative estimate of drug-likeness (QED) is 0.382. The molecule has 0 aliphatic rings. The molecule has 0 unspecified atom stereocenters. The predicted molar refractivity (Wildman–Crippen MR) is 135 cm³/mol. The van der Waals surface area contributed by atoms with Crippen molar-refractivity contribution in [3.05, 3.63) is 108 Å². The highest BCUT2D eigenvalue weighted by Crippen LogP contribution is 2.29. The van der Waals surface area contributed by atoms with E-state index in [1.165, 1.54) is 61.7 Å². The first kappa shape index (κ1) is 26.0. The maximum atomic E-state index is 12.7. The van der Waals surface area contributed by atoms with Crippen molar-refractivity contribution in [3.63, 3.8) is 0 Å². The van der Waals surface area contributed by atoms with Gasteiger partial charge in [0.2, 0.25) is 9.84 Å². The van der Waals surface area contributed by atoms with E-state index in [-0.39, 0.29) is 23.0 Å². The molecule has 4 aromatic rings. The average molecular weight is 493 g/mol. The van der Waals surface area contributed by atoms with Gasteiger partial charge in [0, 0.05) is 11.1 Å². The van der Waals surface area contributed by atoms with Crippen LogP contribution < -0.4 is 9.47 Å². The van der Waals surface area contributed by atoms with E-state index in [0.717, 1.165) is 0 Å². The molecule has 0 amide bonds. The Labute approximate surface area is 206 Å². The van der Waals surface area contributed by atoms with E-state index in [4.69, 9.17) is 9.47 Å². The monoisotopic (exact) mass is 492 g/mol. The number of hydrogen-bond acceptors (Lipinski definition) is 6. The van der Waals surface area contributed by atoms with Crippen LogP contribution in [0.2, 0.25) is 0 Å². The number of hydrogen-bond donors (Lipinski definition) is 2. The fourth-order valence-electron chi connectivity index (χ4n) is 3.49. The van der Waals surface area contributed by atoms with Crippen LogP contribution in [0.3, 0.4) is 0 Å². The Hall–Kier alpha value is -3.65. The van der Waals surface area contributed by atoms with Crippen LogP contribution in [-0.4, -0.2) is 32.9 Å². The molecule has 0 saturated carbocycles. The lowest BCUT2D eigenvalue weighted by Crippen LogP contribution is -2.05. The van der Waals surface area contributed by atoms with Crippen molar-refractivity contribution in [2.24, 2.45) is 0 Å². The summed E-state index contributed by atoms with van der Waals surface area (Å²) in [6, 6.07) is 29.3. The second-order valence-corrected chi connectivity index (χ2v) is 9.45. The average Bonchev–Trinajstić information content (AvgIpc) is 2.93. The summed E-state index contributed by atoms with van der Waals surface area (Å²) >= 11 is 0. The lowest BCUT2D eigenvalue weighted by atomic mass is 10.1. The summed E-state index contributed by atoms with van der Waals surface area (Å²) < 4.78 is 35.6. The summed E-state index contributed by atoms with van der Waals surface area (Å²) in [5.41, 5.74) is 3.31. The second-order valence-electron chi connectivity index (χ2n) is 7.50. The molecule has 0 saturated heterocycles. The van der Waals surface area contributed by atoms with Crippen LogP contribution >= 0.6 is 0 Å². The first-order valence-corrected chi connectivity index (χ1v) is 12.3. The highest BCUT2D eigenvalue weighted by Gasteiger charge is 2.21. The first-order valence-electron chi connectivity index (χ1n) is 10.9. The molecule has 7 heteroatoms. The summed E-state index contributed by atoms with van der Waals surface area (Å²) in [5.74, 6) is 0.828. The van der Waals surface area contributed by atoms with Gasteiger partial charge in [0.1, 0.15) is 11.5 Å². The van der Waals surface area contributed by atoms with Crippen molar-refractivity contribution in [3.8, 4) is 22.6 Å². The molecule has 35 heavy (non-hydrogen) atoms. The van der Waals surface area contributed by atoms with Crippen LogP contribution in [0.1, 0.15) is 11.1 Å². The smallest absolute Gasteiger partial charge is 0.206 e. The van der Waals surface area contributed by atoms with E-state index in [9.17, 15) is 18.6 Å². The zero-order valence-corrected chi connectivity index (χ0v) is 20.4. The van der Waals surface area contributed by atoms with Gasteiger partial charge >= 0.3 is 0 Å². The van der Waals surface area contributed by atoms with Crippen molar-refractivity contribution in [2.45, 2.75) is 23.0 Å². The molecule has 4 rings (SSSR count). The van der Waals surface area contributed by atoms with E-state index in [0.29, 0.717) is 22.6 Å². The van der Waals surface area contributed by atoms with Gasteiger partial charge in [-0.25, -0.2) is 8.42 Å². The summed E-state index contributed by atoms with van der Waals surface area (Å²) in [6.07, 6.45) is 0. The number of ether oxygens (including phenoxy) is 2. The summed E-state index contributed by atoms with van der Waals surface area (Å²) in [5, 5.41) is 18.7. The zero-order chi connectivity index (χ0) is 25.3. The second kappa shape index (κ2) is 12.2. The minimum absolute atomic E-state index is 0.0383. The Morgan fingerprint density at radius 2 is 0.971 bits per heavy atom. The summed E-state index contributed by atoms with van der Waals surface area (Å²) in [7, 11) is -0.899. The molecule has 0 spiro atoms. The van der Waals surface area contributed by atoms with Crippen LogP contribution in [0.25, 0.3) is 11.1 Å². The molecule has 0 atom stereocenters. The first-order chi connectivity index (χ1) is 16.9. The third-order valence-electron chi connectivity index (χ3n) is 5.35. The van der Waals surface area contributed by atoms with Crippen LogP contribution in [0, 0.1) is 0 Å². The Bertz CT molecular complexity index is 1240. The van der Waals surface area contributed by atoms with Gasteiger partial charge in [-0.3, -0.25) is 0 Å². The molecule has 6 nitrogen and oxygen atoms in total. The fourth-order valence-corrected chi connectivity index (χ4v) is 4.85. The standard InChI is InChI=1S/C16H18O6S.C12H10/c1-21-15-5-3-13(7-11(15)9-17)23(19,20)14-4-6-16(22-2)12(8-14)10-18;1-3-7-11(8-4-1)12-9-5-2-6-10-12/h3-8,17-18H,9-10H2,1-2H3;1-10H. The number of methoxy groups -OCH3 is 2. The largest absolute Gasteiger partial charge is 0.496 e. The summed E-state index contributed by atoms with van der Waals surface area (Å²) in [6.45, 7) is -0.673. The van der Waals surface area contributed by atoms with Gasteiger partial charge < -0.3 is 19.7 Å². The van der Waals surface area contributed by atoms with E-state index < -0.39 is 9.84 Å². The van der Waals surface area contributed by atoms with Crippen LogP contribution in [0.5, 0.6) is 11.5 Å². The lowest BCUT2D eigenvalue weighted by molar-refractivity contribution is 0.273. The maximum Gasteiger partial charge on any atom is 0.206 e. The van der Waals surface area contributed by atoms with Crippen LogP contribution in [0.4, 0.5) is 0 Å². The van der Waals surface area contributed by atoms with Gasteiger partial charge in [-0.05, 0) is 47.5 Å². The van der Waals surface area contributed by atoms with E-state index in [1.54, 1.807) is 0 Å². The highest BCUT2D eigenvalue weighted by atomic mass is 32.2. The van der Waals surface area contributed by atoms with Crippen molar-refractivity contribution in [1.29, 1.82) is 0 Å². The Balaban J connectivity index is 0.000000237. The normalized spacial score (nSPS) is 10.7. The van der Waals surface area contributed by atoms with Crippen molar-refractivity contribution < 1.29 is 28.1 Å². The van der Waals surface area contributed by atoms with Gasteiger partial charge in [-0.2, -0.15) is 0 Å². The third-order valence-corrected chi connectivity index (χ3v) is 7.10. The number of rotatable bonds is 7. The molecule has 0 heterocycles. The summed E-state index contributed by atoms with van der Waals surface area (Å²) in [4.78, 5) is 0.0767. The SMILES string of the molecule is COc1ccc(S(=O)(=O)c2ccc(OC)c(CO)c2)cc1CO.c1ccc(-c2ccccc2)cc1. The Morgan fingerprint density at radius 1 is 0.600 bits per heavy atom. The van der Waals surface area contributed by atoms with Crippen LogP contribution in [0.15, 0.2) is 107 Å². The molecule has 0 aliphatic carbocycles. The van der Waals surface area contributed by atoms with E-state index in [2.05, 4.69) is 48.5 Å². The molecule has 0 bridgehead atoms.